The number of nitrogens with one attached hydrogen (secondary N) is 2. The van der Waals surface area contributed by atoms with Crippen LogP contribution >= 0.6 is 0 Å². The number of carbonyl (C=O) groups is 3. The van der Waals surface area contributed by atoms with Gasteiger partial charge < -0.3 is 20.1 Å². The highest BCUT2D eigenvalue weighted by molar-refractivity contribution is 5.98. The molecule has 0 radical (unpaired) electrons. The molecular weight excluding hydrogens is 408 g/mol. The second-order valence-electron chi connectivity index (χ2n) is 7.05. The Kier molecular flexibility index (Phi) is 7.59. The first-order valence-corrected chi connectivity index (χ1v) is 10.0. The SMILES string of the molecule is COc1cccc(NC(=O)C(OC(=O)CNC(=O)c2cccc(C)c2)c2ccccc2)c1. The molecule has 2 N–H and O–H groups in total. The monoisotopic (exact) mass is 432 g/mol. The fraction of sp³-hybridized carbons (Fsp3) is 0.160. The summed E-state index contributed by atoms with van der Waals surface area (Å²) in [6.45, 7) is 1.50. The smallest absolute Gasteiger partial charge is 0.326 e. The summed E-state index contributed by atoms with van der Waals surface area (Å²) < 4.78 is 10.6. The maximum absolute atomic E-state index is 12.9. The number of esters is 1. The van der Waals surface area contributed by atoms with Gasteiger partial charge in [0.25, 0.3) is 11.8 Å². The average molecular weight is 432 g/mol. The zero-order valence-electron chi connectivity index (χ0n) is 17.8. The molecule has 7 nitrogen and oxygen atoms in total. The minimum absolute atomic E-state index is 0.372. The van der Waals surface area contributed by atoms with Crippen LogP contribution in [-0.2, 0) is 14.3 Å². The van der Waals surface area contributed by atoms with E-state index in [1.54, 1.807) is 72.8 Å². The predicted molar refractivity (Wildman–Crippen MR) is 120 cm³/mol. The van der Waals surface area contributed by atoms with Crippen LogP contribution in [0.2, 0.25) is 0 Å². The van der Waals surface area contributed by atoms with E-state index in [0.29, 0.717) is 22.6 Å². The number of carbonyl (C=O) groups excluding carboxylic acids is 3. The van der Waals surface area contributed by atoms with Gasteiger partial charge in [0.15, 0.2) is 0 Å². The normalized spacial score (nSPS) is 11.2. The number of rotatable bonds is 8. The van der Waals surface area contributed by atoms with Gasteiger partial charge in [-0.25, -0.2) is 0 Å². The van der Waals surface area contributed by atoms with E-state index >= 15 is 0 Å². The lowest BCUT2D eigenvalue weighted by atomic mass is 10.1. The number of amides is 2. The molecule has 0 aliphatic heterocycles. The van der Waals surface area contributed by atoms with Crippen LogP contribution in [0.15, 0.2) is 78.9 Å². The zero-order valence-corrected chi connectivity index (χ0v) is 17.8. The number of benzene rings is 3. The van der Waals surface area contributed by atoms with Gasteiger partial charge in [0, 0.05) is 22.9 Å². The number of anilines is 1. The molecule has 3 aromatic carbocycles. The average Bonchev–Trinajstić information content (AvgIpc) is 2.81. The van der Waals surface area contributed by atoms with Gasteiger partial charge in [-0.3, -0.25) is 14.4 Å². The molecule has 0 aliphatic rings. The molecule has 0 saturated heterocycles. The predicted octanol–water partition coefficient (Wildman–Crippen LogP) is 3.66. The van der Waals surface area contributed by atoms with Crippen molar-refractivity contribution < 1.29 is 23.9 Å². The van der Waals surface area contributed by atoms with Gasteiger partial charge in [0.05, 0.1) is 7.11 Å². The standard InChI is InChI=1S/C25H24N2O5/c1-17-8-6-11-19(14-17)24(29)26-16-22(28)32-23(18-9-4-3-5-10-18)25(30)27-20-12-7-13-21(15-20)31-2/h3-15,23H,16H2,1-2H3,(H,26,29)(H,27,30). The third-order valence-corrected chi connectivity index (χ3v) is 4.60. The van der Waals surface area contributed by atoms with Crippen molar-refractivity contribution in [1.82, 2.24) is 5.32 Å². The van der Waals surface area contributed by atoms with Crippen molar-refractivity contribution in [2.45, 2.75) is 13.0 Å². The fourth-order valence-electron chi connectivity index (χ4n) is 3.02. The molecule has 0 saturated carbocycles. The van der Waals surface area contributed by atoms with Crippen molar-refractivity contribution >= 4 is 23.5 Å². The molecular formula is C25H24N2O5. The maximum Gasteiger partial charge on any atom is 0.326 e. The first-order valence-electron chi connectivity index (χ1n) is 10.0. The van der Waals surface area contributed by atoms with Gasteiger partial charge >= 0.3 is 5.97 Å². The summed E-state index contributed by atoms with van der Waals surface area (Å²) in [4.78, 5) is 37.7. The van der Waals surface area contributed by atoms with Gasteiger partial charge in [0.2, 0.25) is 6.10 Å². The molecule has 0 aliphatic carbocycles. The van der Waals surface area contributed by atoms with Gasteiger partial charge in [-0.1, -0.05) is 54.1 Å². The van der Waals surface area contributed by atoms with Crippen LogP contribution in [0, 0.1) is 6.92 Å². The van der Waals surface area contributed by atoms with E-state index in [1.165, 1.54) is 7.11 Å². The quantitative estimate of drug-likeness (QED) is 0.530. The van der Waals surface area contributed by atoms with E-state index in [4.69, 9.17) is 9.47 Å². The van der Waals surface area contributed by atoms with Gasteiger partial charge in [0.1, 0.15) is 12.3 Å². The summed E-state index contributed by atoms with van der Waals surface area (Å²) in [7, 11) is 1.53. The molecule has 3 aromatic rings. The lowest BCUT2D eigenvalue weighted by Gasteiger charge is -2.18. The number of ether oxygens (including phenoxy) is 2. The minimum atomic E-state index is -1.19. The van der Waals surface area contributed by atoms with E-state index in [-0.39, 0.29) is 6.54 Å². The first kappa shape index (κ1) is 22.6. The fourth-order valence-corrected chi connectivity index (χ4v) is 3.02. The lowest BCUT2D eigenvalue weighted by Crippen LogP contribution is -2.33. The largest absolute Gasteiger partial charge is 0.497 e. The van der Waals surface area contributed by atoms with Gasteiger partial charge in [-0.05, 0) is 31.2 Å². The van der Waals surface area contributed by atoms with E-state index in [2.05, 4.69) is 10.6 Å². The number of hydrogen-bond donors (Lipinski definition) is 2. The molecule has 0 fully saturated rings. The molecule has 164 valence electrons. The number of aryl methyl sites for hydroxylation is 1. The molecule has 0 bridgehead atoms. The van der Waals surface area contributed by atoms with E-state index in [1.807, 2.05) is 13.0 Å². The highest BCUT2D eigenvalue weighted by atomic mass is 16.5. The molecule has 0 spiro atoms. The Morgan fingerprint density at radius 3 is 2.38 bits per heavy atom. The second-order valence-corrected chi connectivity index (χ2v) is 7.05. The van der Waals surface area contributed by atoms with Gasteiger partial charge in [-0.2, -0.15) is 0 Å². The van der Waals surface area contributed by atoms with Crippen molar-refractivity contribution in [2.24, 2.45) is 0 Å². The van der Waals surface area contributed by atoms with E-state index < -0.39 is 23.9 Å². The minimum Gasteiger partial charge on any atom is -0.497 e. The van der Waals surface area contributed by atoms with Crippen molar-refractivity contribution in [3.8, 4) is 5.75 Å². The van der Waals surface area contributed by atoms with Crippen molar-refractivity contribution in [1.29, 1.82) is 0 Å². The van der Waals surface area contributed by atoms with Crippen molar-refractivity contribution in [3.05, 3.63) is 95.6 Å². The summed E-state index contributed by atoms with van der Waals surface area (Å²) in [6, 6.07) is 22.5. The number of hydrogen-bond acceptors (Lipinski definition) is 5. The summed E-state index contributed by atoms with van der Waals surface area (Å²) in [5.41, 5.74) is 2.37. The first-order chi connectivity index (χ1) is 15.5. The van der Waals surface area contributed by atoms with Crippen molar-refractivity contribution in [2.75, 3.05) is 19.0 Å². The molecule has 3 rings (SSSR count). The lowest BCUT2D eigenvalue weighted by molar-refractivity contribution is -0.153. The summed E-state index contributed by atoms with van der Waals surface area (Å²) in [5.74, 6) is -1.08. The third kappa shape index (κ3) is 6.18. The Morgan fingerprint density at radius 2 is 1.66 bits per heavy atom. The second kappa shape index (κ2) is 10.8. The summed E-state index contributed by atoms with van der Waals surface area (Å²) >= 11 is 0. The zero-order chi connectivity index (χ0) is 22.9. The van der Waals surface area contributed by atoms with Crippen LogP contribution in [-0.4, -0.2) is 31.4 Å². The molecule has 2 amide bonds. The molecule has 32 heavy (non-hydrogen) atoms. The molecule has 7 heteroatoms. The van der Waals surface area contributed by atoms with Crippen LogP contribution in [0.25, 0.3) is 0 Å². The molecule has 0 heterocycles. The third-order valence-electron chi connectivity index (χ3n) is 4.60. The van der Waals surface area contributed by atoms with Crippen LogP contribution < -0.4 is 15.4 Å². The summed E-state index contributed by atoms with van der Waals surface area (Å²) in [5, 5.41) is 5.26. The van der Waals surface area contributed by atoms with Crippen LogP contribution in [0.4, 0.5) is 5.69 Å². The van der Waals surface area contributed by atoms with E-state index in [0.717, 1.165) is 5.56 Å². The Morgan fingerprint density at radius 1 is 0.906 bits per heavy atom. The van der Waals surface area contributed by atoms with Gasteiger partial charge in [-0.15, -0.1) is 0 Å². The summed E-state index contributed by atoms with van der Waals surface area (Å²) in [6.07, 6.45) is -1.19. The van der Waals surface area contributed by atoms with Crippen LogP contribution in [0.5, 0.6) is 5.75 Å². The number of methoxy groups -OCH3 is 1. The highest BCUT2D eigenvalue weighted by Crippen LogP contribution is 2.22. The Hall–Kier alpha value is -4.13. The van der Waals surface area contributed by atoms with Crippen molar-refractivity contribution in [3.63, 3.8) is 0 Å². The molecule has 0 aromatic heterocycles. The Labute approximate surface area is 186 Å². The van der Waals surface area contributed by atoms with Crippen LogP contribution in [0.1, 0.15) is 27.6 Å². The topological polar surface area (TPSA) is 93.7 Å². The maximum atomic E-state index is 12.9. The molecule has 1 atom stereocenters. The van der Waals surface area contributed by atoms with E-state index in [9.17, 15) is 14.4 Å². The highest BCUT2D eigenvalue weighted by Gasteiger charge is 2.25. The Balaban J connectivity index is 1.68. The molecule has 1 unspecified atom stereocenters. The van der Waals surface area contributed by atoms with Crippen LogP contribution in [0.3, 0.4) is 0 Å². The Bertz CT molecular complexity index is 1100.